The van der Waals surface area contributed by atoms with Crippen molar-refractivity contribution >= 4 is 22.7 Å². The first-order valence-corrected chi connectivity index (χ1v) is 13.6. The summed E-state index contributed by atoms with van der Waals surface area (Å²) in [6.45, 7) is 3.42. The number of ether oxygens (including phenoxy) is 1. The SMILES string of the molecule is CCOc1ccc(-c2ccc(C(=O)NCCN(C)C)cc2)cc1C(=O)N[C@@H](CO)Cc1cn(C)c2ccccc12.[HH]. The Balaban J connectivity index is 0.00000462. The van der Waals surface area contributed by atoms with E-state index in [-0.39, 0.29) is 19.8 Å². The van der Waals surface area contributed by atoms with Crippen molar-refractivity contribution in [1.82, 2.24) is 20.1 Å². The van der Waals surface area contributed by atoms with Crippen LogP contribution in [0, 0.1) is 0 Å². The van der Waals surface area contributed by atoms with E-state index >= 15 is 0 Å². The van der Waals surface area contributed by atoms with Crippen LogP contribution in [0.3, 0.4) is 0 Å². The molecule has 212 valence electrons. The number of fused-ring (bicyclic) bond motifs is 1. The van der Waals surface area contributed by atoms with Crippen LogP contribution in [-0.2, 0) is 13.5 Å². The van der Waals surface area contributed by atoms with E-state index in [1.807, 2.05) is 69.5 Å². The molecule has 4 rings (SSSR count). The zero-order valence-electron chi connectivity index (χ0n) is 23.6. The summed E-state index contributed by atoms with van der Waals surface area (Å²) in [5, 5.41) is 17.1. The van der Waals surface area contributed by atoms with Crippen LogP contribution in [0.4, 0.5) is 0 Å². The molecule has 1 aromatic heterocycles. The van der Waals surface area contributed by atoms with Crippen LogP contribution in [0.25, 0.3) is 22.0 Å². The molecular weight excluding hydrogens is 504 g/mol. The number of aromatic nitrogens is 1. The predicted octanol–water partition coefficient (Wildman–Crippen LogP) is 4.11. The number of nitrogens with one attached hydrogen (secondary N) is 2. The fourth-order valence-corrected chi connectivity index (χ4v) is 4.76. The number of likely N-dealkylation sites (N-methyl/N-ethyl adjacent to an activating group) is 1. The number of nitrogens with zero attached hydrogens (tertiary/aromatic N) is 2. The van der Waals surface area contributed by atoms with E-state index in [4.69, 9.17) is 4.74 Å². The second-order valence-electron chi connectivity index (χ2n) is 10.1. The summed E-state index contributed by atoms with van der Waals surface area (Å²) >= 11 is 0. The molecule has 0 aliphatic carbocycles. The molecule has 0 saturated carbocycles. The highest BCUT2D eigenvalue weighted by Gasteiger charge is 2.20. The maximum absolute atomic E-state index is 13.5. The van der Waals surface area contributed by atoms with Crippen LogP contribution in [0.15, 0.2) is 72.9 Å². The smallest absolute Gasteiger partial charge is 0.255 e. The van der Waals surface area contributed by atoms with Gasteiger partial charge in [-0.05, 0) is 74.5 Å². The predicted molar refractivity (Wildman–Crippen MR) is 161 cm³/mol. The highest BCUT2D eigenvalue weighted by atomic mass is 16.5. The second kappa shape index (κ2) is 13.3. The molecule has 0 spiro atoms. The van der Waals surface area contributed by atoms with E-state index < -0.39 is 6.04 Å². The summed E-state index contributed by atoms with van der Waals surface area (Å²) in [6, 6.07) is 20.4. The highest BCUT2D eigenvalue weighted by Crippen LogP contribution is 2.28. The van der Waals surface area contributed by atoms with Gasteiger partial charge in [0.05, 0.1) is 24.8 Å². The molecule has 0 radical (unpaired) electrons. The zero-order chi connectivity index (χ0) is 28.6. The highest BCUT2D eigenvalue weighted by molar-refractivity contribution is 5.99. The fraction of sp³-hybridized carbons (Fsp3) is 0.312. The molecule has 1 heterocycles. The van der Waals surface area contributed by atoms with Gasteiger partial charge in [0, 0.05) is 44.2 Å². The van der Waals surface area contributed by atoms with Crippen molar-refractivity contribution in [1.29, 1.82) is 0 Å². The molecule has 0 fully saturated rings. The number of amides is 2. The average molecular weight is 545 g/mol. The van der Waals surface area contributed by atoms with Crippen LogP contribution in [-0.4, -0.2) is 72.8 Å². The van der Waals surface area contributed by atoms with E-state index in [1.54, 1.807) is 24.3 Å². The molecular formula is C32H40N4O4. The second-order valence-corrected chi connectivity index (χ2v) is 10.1. The first-order chi connectivity index (χ1) is 19.3. The number of aliphatic hydroxyl groups excluding tert-OH is 1. The maximum Gasteiger partial charge on any atom is 0.255 e. The number of hydrogen-bond acceptors (Lipinski definition) is 5. The first-order valence-electron chi connectivity index (χ1n) is 13.6. The lowest BCUT2D eigenvalue weighted by atomic mass is 10.00. The lowest BCUT2D eigenvalue weighted by molar-refractivity contribution is 0.0911. The lowest BCUT2D eigenvalue weighted by Crippen LogP contribution is -2.39. The number of rotatable bonds is 12. The van der Waals surface area contributed by atoms with E-state index in [2.05, 4.69) is 27.3 Å². The number of carbonyl (C=O) groups excluding carboxylic acids is 2. The molecule has 8 heteroatoms. The Morgan fingerprint density at radius 3 is 2.45 bits per heavy atom. The van der Waals surface area contributed by atoms with Crippen molar-refractivity contribution in [2.45, 2.75) is 19.4 Å². The average Bonchev–Trinajstić information content (AvgIpc) is 3.27. The van der Waals surface area contributed by atoms with Crippen LogP contribution < -0.4 is 15.4 Å². The Hall–Kier alpha value is -4.14. The van der Waals surface area contributed by atoms with Gasteiger partial charge in [-0.2, -0.15) is 0 Å². The maximum atomic E-state index is 13.5. The van der Waals surface area contributed by atoms with E-state index in [1.165, 1.54) is 0 Å². The molecule has 0 bridgehead atoms. The summed E-state index contributed by atoms with van der Waals surface area (Å²) in [5.74, 6) is 0.0327. The van der Waals surface area contributed by atoms with Crippen molar-refractivity contribution in [2.24, 2.45) is 7.05 Å². The van der Waals surface area contributed by atoms with Crippen LogP contribution in [0.5, 0.6) is 5.75 Å². The van der Waals surface area contributed by atoms with Crippen molar-refractivity contribution < 1.29 is 20.9 Å². The molecule has 4 aromatic rings. The van der Waals surface area contributed by atoms with E-state index in [0.717, 1.165) is 34.1 Å². The van der Waals surface area contributed by atoms with Crippen molar-refractivity contribution in [3.63, 3.8) is 0 Å². The van der Waals surface area contributed by atoms with Gasteiger partial charge >= 0.3 is 0 Å². The minimum atomic E-state index is -0.471. The van der Waals surface area contributed by atoms with Crippen LogP contribution in [0.2, 0.25) is 0 Å². The molecule has 8 nitrogen and oxygen atoms in total. The summed E-state index contributed by atoms with van der Waals surface area (Å²) in [7, 11) is 5.91. The molecule has 1 atom stereocenters. The molecule has 40 heavy (non-hydrogen) atoms. The van der Waals surface area contributed by atoms with Crippen molar-refractivity contribution in [3.8, 4) is 16.9 Å². The van der Waals surface area contributed by atoms with Gasteiger partial charge in [-0.15, -0.1) is 0 Å². The number of aryl methyl sites for hydroxylation is 1. The Kier molecular flexibility index (Phi) is 9.58. The number of hydrogen-bond donors (Lipinski definition) is 3. The molecule has 0 unspecified atom stereocenters. The normalized spacial score (nSPS) is 11.9. The van der Waals surface area contributed by atoms with E-state index in [9.17, 15) is 14.7 Å². The molecule has 0 aliphatic heterocycles. The van der Waals surface area contributed by atoms with Gasteiger partial charge in [-0.1, -0.05) is 36.4 Å². The largest absolute Gasteiger partial charge is 0.493 e. The van der Waals surface area contributed by atoms with Gasteiger partial charge in [-0.25, -0.2) is 0 Å². The van der Waals surface area contributed by atoms with Crippen molar-refractivity contribution in [2.75, 3.05) is 40.4 Å². The van der Waals surface area contributed by atoms with E-state index in [0.29, 0.717) is 36.4 Å². The number of benzene rings is 3. The Morgan fingerprint density at radius 1 is 1.02 bits per heavy atom. The number of carbonyl (C=O) groups is 2. The monoisotopic (exact) mass is 544 g/mol. The fourth-order valence-electron chi connectivity index (χ4n) is 4.76. The molecule has 3 N–H and O–H groups in total. The van der Waals surface area contributed by atoms with Gasteiger partial charge < -0.3 is 29.9 Å². The molecule has 0 aliphatic rings. The summed E-state index contributed by atoms with van der Waals surface area (Å²) < 4.78 is 7.82. The van der Waals surface area contributed by atoms with Crippen molar-refractivity contribution in [3.05, 3.63) is 89.6 Å². The Labute approximate surface area is 237 Å². The molecule has 2 amide bonds. The summed E-state index contributed by atoms with van der Waals surface area (Å²) in [6.07, 6.45) is 2.53. The third-order valence-electron chi connectivity index (χ3n) is 6.85. The van der Waals surface area contributed by atoms with Gasteiger partial charge in [0.25, 0.3) is 11.8 Å². The van der Waals surface area contributed by atoms with Crippen LogP contribution >= 0.6 is 0 Å². The first kappa shape index (κ1) is 28.9. The number of para-hydroxylation sites is 1. The third kappa shape index (κ3) is 6.89. The third-order valence-corrected chi connectivity index (χ3v) is 6.85. The van der Waals surface area contributed by atoms with Gasteiger partial charge in [0.1, 0.15) is 5.75 Å². The van der Waals surface area contributed by atoms with Gasteiger partial charge in [0.15, 0.2) is 0 Å². The summed E-state index contributed by atoms with van der Waals surface area (Å²) in [4.78, 5) is 27.9. The molecule has 3 aromatic carbocycles. The zero-order valence-corrected chi connectivity index (χ0v) is 23.6. The van der Waals surface area contributed by atoms with Crippen LogP contribution in [0.1, 0.15) is 34.6 Å². The summed E-state index contributed by atoms with van der Waals surface area (Å²) in [5.41, 5.74) is 4.82. The Morgan fingerprint density at radius 2 is 1.75 bits per heavy atom. The Bertz CT molecular complexity index is 1470. The number of aliphatic hydroxyl groups is 1. The topological polar surface area (TPSA) is 95.8 Å². The molecule has 0 saturated heterocycles. The van der Waals surface area contributed by atoms with Gasteiger partial charge in [0.2, 0.25) is 0 Å². The lowest BCUT2D eigenvalue weighted by Gasteiger charge is -2.18. The minimum absolute atomic E-state index is 0. The standard InChI is InChI=1S/C32H38N4O4.H2/c1-5-40-30-15-14-24(22-10-12-23(13-11-22)31(38)33-16-17-35(2)3)19-28(30)32(39)34-26(21-37)18-25-20-36(4)29-9-7-6-8-27(25)29;/h6-15,19-20,26,37H,5,16-18,21H2,1-4H3,(H,33,38)(H,34,39);1H/t26-;/m1./s1. The van der Waals surface area contributed by atoms with Gasteiger partial charge in [-0.3, -0.25) is 9.59 Å². The quantitative estimate of drug-likeness (QED) is 0.250. The minimum Gasteiger partial charge on any atom is -0.493 e.